The van der Waals surface area contributed by atoms with Crippen molar-refractivity contribution in [3.8, 4) is 0 Å². The van der Waals surface area contributed by atoms with Gasteiger partial charge < -0.3 is 10.8 Å². The molecule has 0 aromatic heterocycles. The van der Waals surface area contributed by atoms with E-state index in [2.05, 4.69) is 13.4 Å². The number of rotatable bonds is 2. The molecule has 0 saturated carbocycles. The Hall–Kier alpha value is 2.00. The van der Waals surface area contributed by atoms with Gasteiger partial charge in [0.2, 0.25) is 0 Å². The van der Waals surface area contributed by atoms with E-state index in [1.165, 1.54) is 0 Å². The van der Waals surface area contributed by atoms with Gasteiger partial charge in [-0.1, -0.05) is 9.05 Å². The molecule has 1 aliphatic heterocycles. The van der Waals surface area contributed by atoms with E-state index >= 15 is 0 Å². The third kappa shape index (κ3) is 7.30. The van der Waals surface area contributed by atoms with Crippen molar-refractivity contribution >= 4 is 75.6 Å². The summed E-state index contributed by atoms with van der Waals surface area (Å²) in [4.78, 5) is 0. The molecule has 1 fully saturated rings. The average Bonchev–Trinajstić information content (AvgIpc) is 1.81. The first-order chi connectivity index (χ1) is 5.58. The number of hydrogen-bond donors (Lipinski definition) is 2. The first-order valence-corrected chi connectivity index (χ1v) is 5.17. The molecule has 1 aliphatic rings. The SMILES string of the molecule is NC(O)CC1O[P+](=O)O[P+](=O)O1.[Na].[Na]. The van der Waals surface area contributed by atoms with E-state index in [0.29, 0.717) is 0 Å². The molecule has 0 bridgehead atoms. The van der Waals surface area contributed by atoms with Gasteiger partial charge in [0.15, 0.2) is 4.31 Å². The molecule has 7 nitrogen and oxygen atoms in total. The number of aliphatic hydroxyl groups is 1. The number of aliphatic hydroxyl groups excluding tert-OH is 1. The maximum Gasteiger partial charge on any atom is 0.750 e. The summed E-state index contributed by atoms with van der Waals surface area (Å²) in [5, 5.41) is 8.66. The van der Waals surface area contributed by atoms with Gasteiger partial charge in [0.05, 0.1) is 0 Å². The molecule has 3 unspecified atom stereocenters. The Morgan fingerprint density at radius 3 is 2.07 bits per heavy atom. The van der Waals surface area contributed by atoms with Crippen LogP contribution in [0.2, 0.25) is 0 Å². The normalized spacial score (nSPS) is 28.6. The zero-order valence-corrected chi connectivity index (χ0v) is 13.6. The van der Waals surface area contributed by atoms with Gasteiger partial charge in [-0.05, 0) is 0 Å². The Morgan fingerprint density at radius 1 is 1.29 bits per heavy atom. The smallest absolute Gasteiger partial charge is 0.379 e. The Labute approximate surface area is 127 Å². The van der Waals surface area contributed by atoms with Gasteiger partial charge in [0.25, 0.3) is 6.29 Å². The predicted molar refractivity (Wildman–Crippen MR) is 48.6 cm³/mol. The van der Waals surface area contributed by atoms with Crippen molar-refractivity contribution in [2.75, 3.05) is 0 Å². The third-order valence-electron chi connectivity index (χ3n) is 0.975. The van der Waals surface area contributed by atoms with Crippen LogP contribution in [-0.2, 0) is 22.5 Å². The van der Waals surface area contributed by atoms with E-state index in [1.54, 1.807) is 0 Å². The maximum absolute atomic E-state index is 10.6. The minimum atomic E-state index is -2.43. The van der Waals surface area contributed by atoms with Crippen molar-refractivity contribution in [1.82, 2.24) is 0 Å². The minimum absolute atomic E-state index is 0. The summed E-state index contributed by atoms with van der Waals surface area (Å²) in [7, 11) is -4.85. The van der Waals surface area contributed by atoms with Crippen LogP contribution >= 0.6 is 16.5 Å². The second kappa shape index (κ2) is 9.07. The molecule has 0 amide bonds. The Bertz CT molecular complexity index is 199. The fourth-order valence-corrected chi connectivity index (χ4v) is 2.04. The van der Waals surface area contributed by atoms with Crippen molar-refractivity contribution in [2.45, 2.75) is 18.9 Å². The van der Waals surface area contributed by atoms with E-state index in [9.17, 15) is 9.13 Å². The van der Waals surface area contributed by atoms with Gasteiger partial charge >= 0.3 is 16.5 Å². The Balaban J connectivity index is 0. The summed E-state index contributed by atoms with van der Waals surface area (Å²) < 4.78 is 34.3. The molecular formula is C3H7NNa2O6P2+2. The molecule has 0 aliphatic carbocycles. The van der Waals surface area contributed by atoms with Crippen LogP contribution in [0.4, 0.5) is 0 Å². The van der Waals surface area contributed by atoms with Gasteiger partial charge in [-0.3, -0.25) is 0 Å². The Morgan fingerprint density at radius 2 is 1.71 bits per heavy atom. The summed E-state index contributed by atoms with van der Waals surface area (Å²) in [6, 6.07) is 0. The van der Waals surface area contributed by atoms with Crippen LogP contribution in [0.1, 0.15) is 6.42 Å². The van der Waals surface area contributed by atoms with Crippen LogP contribution in [0.15, 0.2) is 0 Å². The van der Waals surface area contributed by atoms with Gasteiger partial charge in [-0.2, -0.15) is 0 Å². The number of nitrogens with two attached hydrogens (primary N) is 1. The molecule has 14 heavy (non-hydrogen) atoms. The predicted octanol–water partition coefficient (Wildman–Crippen LogP) is -0.404. The monoisotopic (exact) mass is 261 g/mol. The molecule has 1 heterocycles. The van der Waals surface area contributed by atoms with Gasteiger partial charge in [-0.25, -0.2) is 0 Å². The molecule has 11 heteroatoms. The van der Waals surface area contributed by atoms with Crippen LogP contribution in [0, 0.1) is 0 Å². The summed E-state index contributed by atoms with van der Waals surface area (Å²) in [6.45, 7) is 0. The zero-order valence-electron chi connectivity index (χ0n) is 7.82. The van der Waals surface area contributed by atoms with Crippen molar-refractivity contribution in [3.05, 3.63) is 0 Å². The third-order valence-corrected chi connectivity index (χ3v) is 2.86. The molecule has 0 aromatic carbocycles. The van der Waals surface area contributed by atoms with Gasteiger partial charge in [0, 0.05) is 74.7 Å². The fourth-order valence-electron chi connectivity index (χ4n) is 0.587. The summed E-state index contributed by atoms with van der Waals surface area (Å²) >= 11 is 0. The largest absolute Gasteiger partial charge is 0.750 e. The molecule has 1 saturated heterocycles. The molecule has 2 radical (unpaired) electrons. The molecule has 0 spiro atoms. The van der Waals surface area contributed by atoms with Crippen LogP contribution in [0.5, 0.6) is 0 Å². The van der Waals surface area contributed by atoms with Crippen LogP contribution in [0.3, 0.4) is 0 Å². The van der Waals surface area contributed by atoms with Gasteiger partial charge in [0.1, 0.15) is 6.23 Å². The quantitative estimate of drug-likeness (QED) is 0.395. The van der Waals surface area contributed by atoms with E-state index < -0.39 is 29.0 Å². The van der Waals surface area contributed by atoms with E-state index in [-0.39, 0.29) is 65.5 Å². The fraction of sp³-hybridized carbons (Fsp3) is 1.00. The summed E-state index contributed by atoms with van der Waals surface area (Å²) in [5.74, 6) is 0. The van der Waals surface area contributed by atoms with Crippen molar-refractivity contribution in [3.63, 3.8) is 0 Å². The topological polar surface area (TPSA) is 108 Å². The second-order valence-corrected chi connectivity index (χ2v) is 3.94. The number of hydrogen-bond acceptors (Lipinski definition) is 7. The first-order valence-electron chi connectivity index (χ1n) is 2.97. The molecule has 1 rings (SSSR count). The average molecular weight is 261 g/mol. The zero-order chi connectivity index (χ0) is 9.14. The molecule has 3 N–H and O–H groups in total. The molecule has 70 valence electrons. The van der Waals surface area contributed by atoms with Crippen LogP contribution in [-0.4, -0.2) is 76.7 Å². The molecule has 0 aromatic rings. The van der Waals surface area contributed by atoms with Crippen molar-refractivity contribution in [2.24, 2.45) is 5.73 Å². The van der Waals surface area contributed by atoms with E-state index in [1.807, 2.05) is 0 Å². The minimum Gasteiger partial charge on any atom is -0.379 e. The standard InChI is InChI=1S/C3H7NO6P2.2Na/c4-2(5)1-3-8-11(6)10-12(7)9-3;;/h2-3,5H,1,4H2;;/q+2;;. The van der Waals surface area contributed by atoms with Crippen LogP contribution < -0.4 is 5.73 Å². The summed E-state index contributed by atoms with van der Waals surface area (Å²) in [5.41, 5.74) is 4.98. The van der Waals surface area contributed by atoms with Gasteiger partial charge in [-0.15, -0.1) is 0 Å². The van der Waals surface area contributed by atoms with E-state index in [0.717, 1.165) is 0 Å². The maximum atomic E-state index is 10.6. The van der Waals surface area contributed by atoms with E-state index in [4.69, 9.17) is 10.8 Å². The summed E-state index contributed by atoms with van der Waals surface area (Å²) in [6.07, 6.45) is -2.31. The molecule has 3 atom stereocenters. The van der Waals surface area contributed by atoms with Crippen molar-refractivity contribution in [1.29, 1.82) is 0 Å². The molecular weight excluding hydrogens is 254 g/mol. The van der Waals surface area contributed by atoms with Crippen molar-refractivity contribution < 1.29 is 27.6 Å². The second-order valence-electron chi connectivity index (χ2n) is 1.97. The first kappa shape index (κ1) is 18.4. The Kier molecular flexibility index (Phi) is 11.9. The van der Waals surface area contributed by atoms with Crippen LogP contribution in [0.25, 0.3) is 0 Å².